The van der Waals surface area contributed by atoms with Gasteiger partial charge in [0.25, 0.3) is 0 Å². The van der Waals surface area contributed by atoms with Gasteiger partial charge in [0.2, 0.25) is 0 Å². The van der Waals surface area contributed by atoms with Gasteiger partial charge in [0, 0.05) is 18.1 Å². The SMILES string of the molecule is C#CCN(CCC)c1c(C#N)cnc2ccccc12. The number of hydrogen-bond donors (Lipinski definition) is 0. The van der Waals surface area contributed by atoms with E-state index in [2.05, 4.69) is 28.8 Å². The van der Waals surface area contributed by atoms with Gasteiger partial charge in [-0.3, -0.25) is 4.98 Å². The van der Waals surface area contributed by atoms with Crippen molar-refractivity contribution in [2.24, 2.45) is 0 Å². The molecule has 3 nitrogen and oxygen atoms in total. The highest BCUT2D eigenvalue weighted by Gasteiger charge is 2.14. The molecule has 0 aliphatic rings. The van der Waals surface area contributed by atoms with E-state index in [1.165, 1.54) is 0 Å². The highest BCUT2D eigenvalue weighted by Crippen LogP contribution is 2.29. The summed E-state index contributed by atoms with van der Waals surface area (Å²) < 4.78 is 0. The molecule has 2 rings (SSSR count). The molecule has 0 aliphatic carbocycles. The van der Waals surface area contributed by atoms with Crippen LogP contribution in [-0.4, -0.2) is 18.1 Å². The lowest BCUT2D eigenvalue weighted by atomic mass is 10.1. The zero-order chi connectivity index (χ0) is 13.7. The zero-order valence-corrected chi connectivity index (χ0v) is 10.9. The molecule has 1 heterocycles. The summed E-state index contributed by atoms with van der Waals surface area (Å²) in [6.07, 6.45) is 8.04. The lowest BCUT2D eigenvalue weighted by Gasteiger charge is -2.24. The number of nitriles is 1. The minimum Gasteiger partial charge on any atom is -0.359 e. The van der Waals surface area contributed by atoms with E-state index in [0.29, 0.717) is 12.1 Å². The van der Waals surface area contributed by atoms with Crippen molar-refractivity contribution >= 4 is 16.6 Å². The quantitative estimate of drug-likeness (QED) is 0.782. The predicted octanol–water partition coefficient (Wildman–Crippen LogP) is 2.96. The smallest absolute Gasteiger partial charge is 0.103 e. The van der Waals surface area contributed by atoms with Crippen LogP contribution in [0.1, 0.15) is 18.9 Å². The molecule has 1 aromatic carbocycles. The maximum Gasteiger partial charge on any atom is 0.103 e. The molecule has 3 heteroatoms. The van der Waals surface area contributed by atoms with Crippen molar-refractivity contribution in [1.82, 2.24) is 4.98 Å². The Kier molecular flexibility index (Phi) is 4.00. The largest absolute Gasteiger partial charge is 0.359 e. The summed E-state index contributed by atoms with van der Waals surface area (Å²) in [6.45, 7) is 3.42. The first-order valence-corrected chi connectivity index (χ1v) is 6.28. The fraction of sp³-hybridized carbons (Fsp3) is 0.250. The van der Waals surface area contributed by atoms with Crippen molar-refractivity contribution in [1.29, 1.82) is 5.26 Å². The van der Waals surface area contributed by atoms with Crippen molar-refractivity contribution in [3.63, 3.8) is 0 Å². The van der Waals surface area contributed by atoms with Gasteiger partial charge in [-0.1, -0.05) is 31.0 Å². The molecule has 94 valence electrons. The Morgan fingerprint density at radius 1 is 1.37 bits per heavy atom. The maximum atomic E-state index is 9.29. The second-order valence-corrected chi connectivity index (χ2v) is 4.28. The minimum absolute atomic E-state index is 0.497. The zero-order valence-electron chi connectivity index (χ0n) is 10.9. The highest BCUT2D eigenvalue weighted by atomic mass is 15.1. The van der Waals surface area contributed by atoms with Crippen LogP contribution in [0.3, 0.4) is 0 Å². The first kappa shape index (κ1) is 12.9. The van der Waals surface area contributed by atoms with E-state index in [0.717, 1.165) is 29.6 Å². The molecular formula is C16H15N3. The number of benzene rings is 1. The first-order chi connectivity index (χ1) is 9.31. The maximum absolute atomic E-state index is 9.29. The van der Waals surface area contributed by atoms with Crippen LogP contribution in [0.2, 0.25) is 0 Å². The number of fused-ring (bicyclic) bond motifs is 1. The topological polar surface area (TPSA) is 39.9 Å². The van der Waals surface area contributed by atoms with Crippen molar-refractivity contribution in [2.75, 3.05) is 18.0 Å². The summed E-state index contributed by atoms with van der Waals surface area (Å²) in [7, 11) is 0. The van der Waals surface area contributed by atoms with Crippen LogP contribution < -0.4 is 4.90 Å². The summed E-state index contributed by atoms with van der Waals surface area (Å²) >= 11 is 0. The molecule has 0 saturated carbocycles. The molecule has 0 bridgehead atoms. The average Bonchev–Trinajstić information content (AvgIpc) is 2.46. The third-order valence-corrected chi connectivity index (χ3v) is 2.96. The number of aromatic nitrogens is 1. The molecule has 0 atom stereocenters. The fourth-order valence-electron chi connectivity index (χ4n) is 2.20. The van der Waals surface area contributed by atoms with Crippen molar-refractivity contribution in [3.05, 3.63) is 36.0 Å². The molecule has 0 unspecified atom stereocenters. The van der Waals surface area contributed by atoms with Crippen LogP contribution >= 0.6 is 0 Å². The minimum atomic E-state index is 0.497. The molecule has 0 N–H and O–H groups in total. The third-order valence-electron chi connectivity index (χ3n) is 2.96. The molecule has 2 aromatic rings. The van der Waals surface area contributed by atoms with Crippen molar-refractivity contribution < 1.29 is 0 Å². The fourth-order valence-corrected chi connectivity index (χ4v) is 2.20. The molecule has 1 aromatic heterocycles. The van der Waals surface area contributed by atoms with E-state index in [1.54, 1.807) is 6.20 Å². The van der Waals surface area contributed by atoms with Crippen LogP contribution in [-0.2, 0) is 0 Å². The van der Waals surface area contributed by atoms with Crippen molar-refractivity contribution in [3.8, 4) is 18.4 Å². The number of rotatable bonds is 4. The van der Waals surface area contributed by atoms with E-state index in [-0.39, 0.29) is 0 Å². The number of anilines is 1. The molecule has 0 fully saturated rings. The molecule has 19 heavy (non-hydrogen) atoms. The van der Waals surface area contributed by atoms with Gasteiger partial charge < -0.3 is 4.90 Å². The van der Waals surface area contributed by atoms with E-state index < -0.39 is 0 Å². The summed E-state index contributed by atoms with van der Waals surface area (Å²) in [5, 5.41) is 10.3. The summed E-state index contributed by atoms with van der Waals surface area (Å²) in [5.74, 6) is 2.66. The van der Waals surface area contributed by atoms with Gasteiger partial charge in [-0.15, -0.1) is 6.42 Å². The number of pyridine rings is 1. The second-order valence-electron chi connectivity index (χ2n) is 4.28. The lowest BCUT2D eigenvalue weighted by Crippen LogP contribution is -2.25. The van der Waals surface area contributed by atoms with Crippen LogP contribution in [0, 0.1) is 23.7 Å². The van der Waals surface area contributed by atoms with Gasteiger partial charge in [0.15, 0.2) is 0 Å². The Morgan fingerprint density at radius 3 is 2.84 bits per heavy atom. The number of para-hydroxylation sites is 1. The Morgan fingerprint density at radius 2 is 2.16 bits per heavy atom. The van der Waals surface area contributed by atoms with Crippen LogP contribution in [0.15, 0.2) is 30.5 Å². The molecule has 0 aliphatic heterocycles. The molecule has 0 radical (unpaired) electrons. The Hall–Kier alpha value is -2.52. The normalized spacial score (nSPS) is 9.84. The lowest BCUT2D eigenvalue weighted by molar-refractivity contribution is 0.824. The van der Waals surface area contributed by atoms with Crippen LogP contribution in [0.5, 0.6) is 0 Å². The van der Waals surface area contributed by atoms with Gasteiger partial charge in [-0.05, 0) is 12.5 Å². The highest BCUT2D eigenvalue weighted by molar-refractivity contribution is 5.94. The summed E-state index contributed by atoms with van der Waals surface area (Å²) in [6, 6.07) is 10.0. The summed E-state index contributed by atoms with van der Waals surface area (Å²) in [4.78, 5) is 6.39. The van der Waals surface area contributed by atoms with Crippen LogP contribution in [0.4, 0.5) is 5.69 Å². The van der Waals surface area contributed by atoms with Gasteiger partial charge >= 0.3 is 0 Å². The molecule has 0 saturated heterocycles. The van der Waals surface area contributed by atoms with Crippen molar-refractivity contribution in [2.45, 2.75) is 13.3 Å². The molecular weight excluding hydrogens is 234 g/mol. The third kappa shape index (κ3) is 2.51. The predicted molar refractivity (Wildman–Crippen MR) is 77.8 cm³/mol. The summed E-state index contributed by atoms with van der Waals surface area (Å²) in [5.41, 5.74) is 2.35. The van der Waals surface area contributed by atoms with E-state index in [1.807, 2.05) is 24.3 Å². The Bertz CT molecular complexity index is 662. The van der Waals surface area contributed by atoms with Gasteiger partial charge in [0.05, 0.1) is 23.3 Å². The van der Waals surface area contributed by atoms with Gasteiger partial charge in [0.1, 0.15) is 6.07 Å². The first-order valence-electron chi connectivity index (χ1n) is 6.28. The van der Waals surface area contributed by atoms with Gasteiger partial charge in [-0.2, -0.15) is 5.26 Å². The monoisotopic (exact) mass is 249 g/mol. The molecule has 0 amide bonds. The Labute approximate surface area is 113 Å². The Balaban J connectivity index is 2.67. The number of nitrogens with zero attached hydrogens (tertiary/aromatic N) is 3. The second kappa shape index (κ2) is 5.89. The van der Waals surface area contributed by atoms with E-state index in [9.17, 15) is 5.26 Å². The average molecular weight is 249 g/mol. The number of hydrogen-bond acceptors (Lipinski definition) is 3. The van der Waals surface area contributed by atoms with E-state index >= 15 is 0 Å². The van der Waals surface area contributed by atoms with Crippen LogP contribution in [0.25, 0.3) is 10.9 Å². The molecule has 0 spiro atoms. The van der Waals surface area contributed by atoms with E-state index in [4.69, 9.17) is 6.42 Å². The standard InChI is InChI=1S/C16H15N3/c1-3-9-19(10-4-2)16-13(11-17)12-18-15-8-6-5-7-14(15)16/h1,5-8,12H,4,9-10H2,2H3. The number of terminal acetylenes is 1. The van der Waals surface area contributed by atoms with Gasteiger partial charge in [-0.25, -0.2) is 0 Å².